The number of anilines is 1. The molecule has 4 aromatic rings. The standard InChI is InChI=1S/C35H32F4N8O4/c1-2-46-33-29(24(44-47(33)23-8-4-3-5-9-23)20-41-26(48)14-15-27(49)45-18-6-7-19-45)28(21-10-12-22(36)13-11-21)30(34(46)51)43-32(50)31-40-17-16-25(42-31)35(37,38)39/h3-5,8-17,28,30H,2,6-7,18-20H2,1H3,(H,41,48)(H,43,50)/b15-14+/t28-,30+/m1/s1. The number of halogens is 4. The summed E-state index contributed by atoms with van der Waals surface area (Å²) in [5.41, 5.74) is 0.249. The quantitative estimate of drug-likeness (QED) is 0.199. The SMILES string of the molecule is CCN1C(=O)[C@@H](NC(=O)c2nccc(C(F)(F)F)n2)[C@H](c2ccc(F)cc2)c2c(CNC(=O)/C=C/C(=O)N3CCCC3)nn(-c3ccccc3)c21. The summed E-state index contributed by atoms with van der Waals surface area (Å²) < 4.78 is 56.0. The molecule has 2 aromatic heterocycles. The predicted molar refractivity (Wildman–Crippen MR) is 175 cm³/mol. The van der Waals surface area contributed by atoms with Crippen LogP contribution in [0.3, 0.4) is 0 Å². The maximum atomic E-state index is 14.3. The molecule has 0 saturated carbocycles. The van der Waals surface area contributed by atoms with Crippen molar-refractivity contribution in [1.82, 2.24) is 35.3 Å². The van der Waals surface area contributed by atoms with Crippen molar-refractivity contribution in [3.05, 3.63) is 113 Å². The summed E-state index contributed by atoms with van der Waals surface area (Å²) in [6, 6.07) is 13.2. The Bertz CT molecular complexity index is 1980. The molecule has 4 amide bonds. The second-order valence-electron chi connectivity index (χ2n) is 11.8. The number of benzene rings is 2. The number of amides is 4. The van der Waals surface area contributed by atoms with Gasteiger partial charge in [0.25, 0.3) is 11.8 Å². The number of aromatic nitrogens is 4. The van der Waals surface area contributed by atoms with Crippen molar-refractivity contribution >= 4 is 29.4 Å². The van der Waals surface area contributed by atoms with Gasteiger partial charge in [-0.1, -0.05) is 30.3 Å². The van der Waals surface area contributed by atoms with Crippen LogP contribution in [0.25, 0.3) is 5.69 Å². The highest BCUT2D eigenvalue weighted by molar-refractivity contribution is 6.05. The van der Waals surface area contributed by atoms with E-state index in [4.69, 9.17) is 5.10 Å². The van der Waals surface area contributed by atoms with E-state index in [1.165, 1.54) is 39.9 Å². The Kier molecular flexibility index (Phi) is 9.93. The van der Waals surface area contributed by atoms with Crippen molar-refractivity contribution in [3.63, 3.8) is 0 Å². The highest BCUT2D eigenvalue weighted by Crippen LogP contribution is 2.43. The van der Waals surface area contributed by atoms with Gasteiger partial charge in [-0.15, -0.1) is 0 Å². The van der Waals surface area contributed by atoms with Crippen LogP contribution < -0.4 is 15.5 Å². The lowest BCUT2D eigenvalue weighted by molar-refractivity contribution is -0.141. The topological polar surface area (TPSA) is 142 Å². The molecule has 2 aliphatic rings. The molecule has 0 spiro atoms. The van der Waals surface area contributed by atoms with Crippen molar-refractivity contribution in [2.75, 3.05) is 24.5 Å². The Morgan fingerprint density at radius 2 is 1.69 bits per heavy atom. The summed E-state index contributed by atoms with van der Waals surface area (Å²) >= 11 is 0. The van der Waals surface area contributed by atoms with Gasteiger partial charge in [0.05, 0.1) is 17.9 Å². The molecular weight excluding hydrogens is 672 g/mol. The third-order valence-corrected chi connectivity index (χ3v) is 8.61. The number of carbonyl (C=O) groups is 4. The molecule has 0 bridgehead atoms. The van der Waals surface area contributed by atoms with E-state index in [1.54, 1.807) is 42.2 Å². The monoisotopic (exact) mass is 704 g/mol. The fraction of sp³-hybridized carbons (Fsp3) is 0.286. The molecule has 1 saturated heterocycles. The average Bonchev–Trinajstić information content (AvgIpc) is 3.80. The Hall–Kier alpha value is -5.93. The van der Waals surface area contributed by atoms with Gasteiger partial charge < -0.3 is 15.5 Å². The molecule has 1 fully saturated rings. The first kappa shape index (κ1) is 34.9. The molecule has 6 rings (SSSR count). The van der Waals surface area contributed by atoms with Crippen LogP contribution in [0.4, 0.5) is 23.4 Å². The average molecular weight is 705 g/mol. The van der Waals surface area contributed by atoms with E-state index in [0.717, 1.165) is 25.1 Å². The molecule has 4 heterocycles. The van der Waals surface area contributed by atoms with Gasteiger partial charge in [0, 0.05) is 49.5 Å². The number of hydrogen-bond acceptors (Lipinski definition) is 7. The second kappa shape index (κ2) is 14.5. The first-order valence-electron chi connectivity index (χ1n) is 16.2. The molecule has 264 valence electrons. The van der Waals surface area contributed by atoms with Crippen LogP contribution in [0.1, 0.15) is 58.8 Å². The van der Waals surface area contributed by atoms with Crippen LogP contribution in [-0.4, -0.2) is 74.0 Å². The highest BCUT2D eigenvalue weighted by atomic mass is 19.4. The number of alkyl halides is 3. The van der Waals surface area contributed by atoms with Crippen molar-refractivity contribution < 1.29 is 36.7 Å². The Morgan fingerprint density at radius 1 is 0.980 bits per heavy atom. The van der Waals surface area contributed by atoms with Crippen LogP contribution in [0.5, 0.6) is 0 Å². The highest BCUT2D eigenvalue weighted by Gasteiger charge is 2.46. The largest absolute Gasteiger partial charge is 0.433 e. The number of nitrogens with zero attached hydrogens (tertiary/aromatic N) is 6. The number of likely N-dealkylation sites (tertiary alicyclic amines) is 1. The van der Waals surface area contributed by atoms with E-state index in [1.807, 2.05) is 0 Å². The number of rotatable bonds is 9. The fourth-order valence-corrected chi connectivity index (χ4v) is 6.24. The minimum absolute atomic E-state index is 0.0834. The lowest BCUT2D eigenvalue weighted by Crippen LogP contribution is -2.55. The van der Waals surface area contributed by atoms with E-state index in [-0.39, 0.29) is 24.7 Å². The zero-order chi connectivity index (χ0) is 36.3. The van der Waals surface area contributed by atoms with E-state index >= 15 is 0 Å². The lowest BCUT2D eigenvalue weighted by Gasteiger charge is -2.38. The molecule has 0 unspecified atom stereocenters. The van der Waals surface area contributed by atoms with Crippen LogP contribution in [0.2, 0.25) is 0 Å². The number of carbonyl (C=O) groups excluding carboxylic acids is 4. The van der Waals surface area contributed by atoms with Crippen LogP contribution >= 0.6 is 0 Å². The van der Waals surface area contributed by atoms with Gasteiger partial charge in [-0.05, 0) is 55.7 Å². The van der Waals surface area contributed by atoms with Gasteiger partial charge in [0.1, 0.15) is 23.4 Å². The minimum Gasteiger partial charge on any atom is -0.347 e. The Morgan fingerprint density at radius 3 is 2.35 bits per heavy atom. The predicted octanol–water partition coefficient (Wildman–Crippen LogP) is 3.91. The normalized spacial score (nSPS) is 17.5. The number of hydrogen-bond donors (Lipinski definition) is 2. The first-order chi connectivity index (χ1) is 24.5. The smallest absolute Gasteiger partial charge is 0.347 e. The number of likely N-dealkylation sites (N-methyl/N-ethyl adjacent to an activating group) is 1. The van der Waals surface area contributed by atoms with Crippen LogP contribution in [-0.2, 0) is 27.1 Å². The molecule has 2 atom stereocenters. The zero-order valence-electron chi connectivity index (χ0n) is 27.2. The van der Waals surface area contributed by atoms with Crippen molar-refractivity contribution in [2.45, 2.75) is 44.4 Å². The summed E-state index contributed by atoms with van der Waals surface area (Å²) in [6.07, 6.45) is 0.0335. The van der Waals surface area contributed by atoms with Gasteiger partial charge in [-0.25, -0.2) is 19.0 Å². The third-order valence-electron chi connectivity index (χ3n) is 8.61. The van der Waals surface area contributed by atoms with Gasteiger partial charge in [0.2, 0.25) is 17.6 Å². The number of para-hydroxylation sites is 1. The van der Waals surface area contributed by atoms with Gasteiger partial charge >= 0.3 is 6.18 Å². The molecular formula is C35H32F4N8O4. The van der Waals surface area contributed by atoms with Crippen molar-refractivity contribution in [1.29, 1.82) is 0 Å². The summed E-state index contributed by atoms with van der Waals surface area (Å²) in [4.78, 5) is 63.3. The Balaban J connectivity index is 1.43. The molecule has 12 nitrogen and oxygen atoms in total. The molecule has 0 radical (unpaired) electrons. The molecule has 2 N–H and O–H groups in total. The van der Waals surface area contributed by atoms with E-state index in [2.05, 4.69) is 20.6 Å². The van der Waals surface area contributed by atoms with Gasteiger partial charge in [-0.3, -0.25) is 24.1 Å². The minimum atomic E-state index is -4.86. The van der Waals surface area contributed by atoms with Crippen molar-refractivity contribution in [2.24, 2.45) is 0 Å². The van der Waals surface area contributed by atoms with E-state index in [0.29, 0.717) is 41.8 Å². The van der Waals surface area contributed by atoms with Gasteiger partial charge in [0.15, 0.2) is 0 Å². The molecule has 0 aliphatic carbocycles. The lowest BCUT2D eigenvalue weighted by atomic mass is 9.81. The van der Waals surface area contributed by atoms with Crippen LogP contribution in [0, 0.1) is 5.82 Å². The van der Waals surface area contributed by atoms with Crippen LogP contribution in [0.15, 0.2) is 79.0 Å². The molecule has 2 aromatic carbocycles. The van der Waals surface area contributed by atoms with Gasteiger partial charge in [-0.2, -0.15) is 18.3 Å². The summed E-state index contributed by atoms with van der Waals surface area (Å²) in [7, 11) is 0. The zero-order valence-corrected chi connectivity index (χ0v) is 27.2. The maximum Gasteiger partial charge on any atom is 0.433 e. The summed E-state index contributed by atoms with van der Waals surface area (Å²) in [6.45, 7) is 2.82. The fourth-order valence-electron chi connectivity index (χ4n) is 6.24. The summed E-state index contributed by atoms with van der Waals surface area (Å²) in [5.74, 6) is -4.79. The number of nitrogens with one attached hydrogen (secondary N) is 2. The second-order valence-corrected chi connectivity index (χ2v) is 11.8. The Labute approximate surface area is 289 Å². The van der Waals surface area contributed by atoms with E-state index in [9.17, 15) is 36.7 Å². The van der Waals surface area contributed by atoms with E-state index < -0.39 is 53.2 Å². The first-order valence-corrected chi connectivity index (χ1v) is 16.2. The van der Waals surface area contributed by atoms with Crippen molar-refractivity contribution in [3.8, 4) is 5.69 Å². The molecule has 51 heavy (non-hydrogen) atoms. The third kappa shape index (κ3) is 7.34. The summed E-state index contributed by atoms with van der Waals surface area (Å²) in [5, 5.41) is 10.1. The number of fused-ring (bicyclic) bond motifs is 1. The maximum absolute atomic E-state index is 14.3. The molecule has 16 heteroatoms. The molecule has 2 aliphatic heterocycles.